The lowest BCUT2D eigenvalue weighted by Crippen LogP contribution is -1.98. The summed E-state index contributed by atoms with van der Waals surface area (Å²) in [6.45, 7) is 0. The fraction of sp³-hybridized carbons (Fsp3) is 0.286. The van der Waals surface area contributed by atoms with Crippen LogP contribution in [0.3, 0.4) is 0 Å². The summed E-state index contributed by atoms with van der Waals surface area (Å²) in [6.07, 6.45) is 10.1. The molecule has 0 aliphatic heterocycles. The smallest absolute Gasteiger partial charge is 0.151 e. The second-order valence-corrected chi connectivity index (χ2v) is 8.36. The van der Waals surface area contributed by atoms with Crippen molar-refractivity contribution < 1.29 is 4.74 Å². The molecule has 0 bridgehead atoms. The van der Waals surface area contributed by atoms with E-state index in [9.17, 15) is 0 Å². The average Bonchev–Trinajstić information content (AvgIpc) is 3.45. The standard InChI is InChI=1S/C21H21N7OS/c1-29-15-6-13(9-23-11-15)25-14-7-18-17(24-10-14)8-16(19(22)26-18)21-28-27-20(30-21)12-4-2-3-5-12/h6-12,25H,2-5H2,1H3,(H2,22,26). The van der Waals surface area contributed by atoms with Crippen LogP contribution in [0.4, 0.5) is 17.2 Å². The van der Waals surface area contributed by atoms with Crippen LogP contribution in [0.25, 0.3) is 21.6 Å². The quantitative estimate of drug-likeness (QED) is 0.485. The molecule has 8 nitrogen and oxygen atoms in total. The van der Waals surface area contributed by atoms with Crippen LogP contribution in [0.5, 0.6) is 5.75 Å². The van der Waals surface area contributed by atoms with E-state index < -0.39 is 0 Å². The summed E-state index contributed by atoms with van der Waals surface area (Å²) < 4.78 is 5.21. The summed E-state index contributed by atoms with van der Waals surface area (Å²) in [4.78, 5) is 13.3. The van der Waals surface area contributed by atoms with E-state index in [0.717, 1.165) is 32.5 Å². The number of anilines is 3. The molecule has 0 spiro atoms. The number of pyridine rings is 3. The molecule has 5 rings (SSSR count). The molecule has 4 aromatic heterocycles. The third kappa shape index (κ3) is 3.63. The minimum atomic E-state index is 0.429. The third-order valence-electron chi connectivity index (χ3n) is 5.31. The lowest BCUT2D eigenvalue weighted by Gasteiger charge is -2.09. The molecular formula is C21H21N7OS. The normalized spacial score (nSPS) is 14.3. The zero-order chi connectivity index (χ0) is 20.5. The number of fused-ring (bicyclic) bond motifs is 1. The van der Waals surface area contributed by atoms with Gasteiger partial charge in [-0.05, 0) is 25.0 Å². The molecule has 1 saturated carbocycles. The molecule has 0 radical (unpaired) electrons. The van der Waals surface area contributed by atoms with Gasteiger partial charge in [-0.1, -0.05) is 24.2 Å². The number of nitrogens with zero attached hydrogens (tertiary/aromatic N) is 5. The molecule has 1 aliphatic rings. The molecule has 3 N–H and O–H groups in total. The Labute approximate surface area is 177 Å². The van der Waals surface area contributed by atoms with Gasteiger partial charge in [0.05, 0.1) is 53.7 Å². The molecule has 30 heavy (non-hydrogen) atoms. The summed E-state index contributed by atoms with van der Waals surface area (Å²) in [5.41, 5.74) is 10.1. The molecule has 0 amide bonds. The Morgan fingerprint density at radius 3 is 2.70 bits per heavy atom. The molecule has 1 aliphatic carbocycles. The molecule has 4 heterocycles. The van der Waals surface area contributed by atoms with Gasteiger partial charge < -0.3 is 15.8 Å². The number of ether oxygens (including phenoxy) is 1. The van der Waals surface area contributed by atoms with E-state index in [2.05, 4.69) is 30.5 Å². The first kappa shape index (κ1) is 18.7. The maximum atomic E-state index is 6.27. The van der Waals surface area contributed by atoms with Crippen molar-refractivity contribution in [2.45, 2.75) is 31.6 Å². The van der Waals surface area contributed by atoms with Crippen molar-refractivity contribution in [1.29, 1.82) is 0 Å². The summed E-state index contributed by atoms with van der Waals surface area (Å²) in [6, 6.07) is 5.71. The van der Waals surface area contributed by atoms with Crippen molar-refractivity contribution in [3.63, 3.8) is 0 Å². The number of nitrogens with one attached hydrogen (secondary N) is 1. The molecule has 9 heteroatoms. The maximum absolute atomic E-state index is 6.27. The molecule has 152 valence electrons. The minimum absolute atomic E-state index is 0.429. The Bertz CT molecular complexity index is 1200. The first-order valence-electron chi connectivity index (χ1n) is 9.86. The highest BCUT2D eigenvalue weighted by Gasteiger charge is 2.22. The van der Waals surface area contributed by atoms with Crippen LogP contribution >= 0.6 is 11.3 Å². The fourth-order valence-electron chi connectivity index (χ4n) is 3.75. The lowest BCUT2D eigenvalue weighted by atomic mass is 10.1. The summed E-state index contributed by atoms with van der Waals surface area (Å²) >= 11 is 1.61. The van der Waals surface area contributed by atoms with Gasteiger partial charge in [-0.3, -0.25) is 9.97 Å². The van der Waals surface area contributed by atoms with Gasteiger partial charge in [0, 0.05) is 12.0 Å². The fourth-order valence-corrected chi connectivity index (χ4v) is 4.79. The number of nitrogen functional groups attached to an aromatic ring is 1. The second kappa shape index (κ2) is 7.83. The van der Waals surface area contributed by atoms with E-state index in [4.69, 9.17) is 10.5 Å². The first-order valence-corrected chi connectivity index (χ1v) is 10.7. The van der Waals surface area contributed by atoms with Crippen LogP contribution in [0.1, 0.15) is 36.6 Å². The molecule has 1 fully saturated rings. The number of aromatic nitrogens is 5. The van der Waals surface area contributed by atoms with E-state index in [0.29, 0.717) is 23.0 Å². The van der Waals surface area contributed by atoms with Crippen LogP contribution < -0.4 is 15.8 Å². The minimum Gasteiger partial charge on any atom is -0.495 e. The lowest BCUT2D eigenvalue weighted by molar-refractivity contribution is 0.413. The SMILES string of the molecule is COc1cncc(Nc2cnc3cc(-c4nnc(C5CCCC5)s4)c(N)nc3c2)c1. The van der Waals surface area contributed by atoms with Crippen LogP contribution in [0.2, 0.25) is 0 Å². The van der Waals surface area contributed by atoms with Gasteiger partial charge >= 0.3 is 0 Å². The van der Waals surface area contributed by atoms with Gasteiger partial charge in [0.15, 0.2) is 5.01 Å². The second-order valence-electron chi connectivity index (χ2n) is 7.35. The van der Waals surface area contributed by atoms with Crippen molar-refractivity contribution in [2.75, 3.05) is 18.2 Å². The van der Waals surface area contributed by atoms with Crippen molar-refractivity contribution in [2.24, 2.45) is 0 Å². The van der Waals surface area contributed by atoms with Crippen LogP contribution in [-0.2, 0) is 0 Å². The van der Waals surface area contributed by atoms with E-state index in [1.807, 2.05) is 18.2 Å². The Balaban J connectivity index is 1.44. The number of hydrogen-bond donors (Lipinski definition) is 2. The maximum Gasteiger partial charge on any atom is 0.151 e. The predicted molar refractivity (Wildman–Crippen MR) is 118 cm³/mol. The topological polar surface area (TPSA) is 112 Å². The van der Waals surface area contributed by atoms with Crippen molar-refractivity contribution in [1.82, 2.24) is 25.1 Å². The molecule has 4 aromatic rings. The highest BCUT2D eigenvalue weighted by molar-refractivity contribution is 7.14. The Morgan fingerprint density at radius 1 is 1.03 bits per heavy atom. The third-order valence-corrected chi connectivity index (χ3v) is 6.43. The van der Waals surface area contributed by atoms with Crippen molar-refractivity contribution in [3.05, 3.63) is 41.8 Å². The largest absolute Gasteiger partial charge is 0.495 e. The van der Waals surface area contributed by atoms with E-state index in [1.165, 1.54) is 25.7 Å². The predicted octanol–water partition coefficient (Wildman–Crippen LogP) is 4.54. The zero-order valence-corrected chi connectivity index (χ0v) is 17.3. The number of hydrogen-bond acceptors (Lipinski definition) is 9. The van der Waals surface area contributed by atoms with Crippen molar-refractivity contribution in [3.8, 4) is 16.3 Å². The van der Waals surface area contributed by atoms with Crippen molar-refractivity contribution >= 4 is 39.6 Å². The number of rotatable bonds is 5. The van der Waals surface area contributed by atoms with Gasteiger partial charge in [0.25, 0.3) is 0 Å². The summed E-state index contributed by atoms with van der Waals surface area (Å²) in [5, 5.41) is 14.0. The van der Waals surface area contributed by atoms with E-state index in [1.54, 1.807) is 37.0 Å². The van der Waals surface area contributed by atoms with Crippen LogP contribution in [0, 0.1) is 0 Å². The zero-order valence-electron chi connectivity index (χ0n) is 16.5. The molecule has 0 atom stereocenters. The van der Waals surface area contributed by atoms with Gasteiger partial charge in [0.1, 0.15) is 16.6 Å². The van der Waals surface area contributed by atoms with Crippen LogP contribution in [0.15, 0.2) is 36.8 Å². The Kier molecular flexibility index (Phi) is 4.88. The van der Waals surface area contributed by atoms with Gasteiger partial charge in [-0.15, -0.1) is 10.2 Å². The number of methoxy groups -OCH3 is 1. The number of nitrogens with two attached hydrogens (primary N) is 1. The Hall–Kier alpha value is -3.33. The van der Waals surface area contributed by atoms with E-state index in [-0.39, 0.29) is 0 Å². The highest BCUT2D eigenvalue weighted by Crippen LogP contribution is 2.38. The molecular weight excluding hydrogens is 398 g/mol. The molecule has 0 aromatic carbocycles. The molecule has 0 saturated heterocycles. The first-order chi connectivity index (χ1) is 14.7. The van der Waals surface area contributed by atoms with Crippen LogP contribution in [-0.4, -0.2) is 32.3 Å². The van der Waals surface area contributed by atoms with Gasteiger partial charge in [-0.25, -0.2) is 4.98 Å². The Morgan fingerprint density at radius 2 is 1.87 bits per heavy atom. The molecule has 0 unspecified atom stereocenters. The summed E-state index contributed by atoms with van der Waals surface area (Å²) in [5.74, 6) is 1.64. The highest BCUT2D eigenvalue weighted by atomic mass is 32.1. The monoisotopic (exact) mass is 419 g/mol. The average molecular weight is 420 g/mol. The summed E-state index contributed by atoms with van der Waals surface area (Å²) in [7, 11) is 1.61. The van der Waals surface area contributed by atoms with Gasteiger partial charge in [0.2, 0.25) is 0 Å². The van der Waals surface area contributed by atoms with E-state index >= 15 is 0 Å². The van der Waals surface area contributed by atoms with Gasteiger partial charge in [-0.2, -0.15) is 0 Å².